The summed E-state index contributed by atoms with van der Waals surface area (Å²) >= 11 is 0. The van der Waals surface area contributed by atoms with Crippen molar-refractivity contribution in [2.75, 3.05) is 0 Å². The second-order valence-electron chi connectivity index (χ2n) is 6.51. The van der Waals surface area contributed by atoms with Crippen molar-refractivity contribution in [1.82, 2.24) is 9.97 Å². The average Bonchev–Trinajstić information content (AvgIpc) is 2.66. The van der Waals surface area contributed by atoms with E-state index in [9.17, 15) is 4.39 Å². The molecule has 0 amide bonds. The lowest BCUT2D eigenvalue weighted by Gasteiger charge is -2.16. The molecule has 2 rings (SSSR count). The fraction of sp³-hybridized carbons (Fsp3) is 0.318. The molecular weight excluding hydrogens is 325 g/mol. The lowest BCUT2D eigenvalue weighted by Crippen LogP contribution is -2.02. The Morgan fingerprint density at radius 2 is 2.00 bits per heavy atom. The first-order valence-corrected chi connectivity index (χ1v) is 8.87. The van der Waals surface area contributed by atoms with Crippen molar-refractivity contribution in [2.24, 2.45) is 4.99 Å². The van der Waals surface area contributed by atoms with Crippen molar-refractivity contribution in [3.63, 3.8) is 0 Å². The van der Waals surface area contributed by atoms with Gasteiger partial charge in [-0.1, -0.05) is 38.1 Å². The first kappa shape index (κ1) is 19.7. The fourth-order valence-corrected chi connectivity index (χ4v) is 2.66. The molecule has 4 heteroatoms. The van der Waals surface area contributed by atoms with E-state index in [0.29, 0.717) is 11.4 Å². The summed E-state index contributed by atoms with van der Waals surface area (Å²) < 4.78 is 13.5. The molecule has 1 aromatic heterocycles. The van der Waals surface area contributed by atoms with Crippen LogP contribution >= 0.6 is 0 Å². The Kier molecular flexibility index (Phi) is 6.96. The second kappa shape index (κ2) is 9.18. The van der Waals surface area contributed by atoms with Crippen molar-refractivity contribution in [2.45, 2.75) is 46.5 Å². The van der Waals surface area contributed by atoms with Gasteiger partial charge in [-0.05, 0) is 61.4 Å². The number of rotatable bonds is 7. The van der Waals surface area contributed by atoms with Crippen LogP contribution in [0.2, 0.25) is 0 Å². The SMILES string of the molecule is C=C(CC)/C(=C\N=C(C)c1ncccn1)CC(C)c1ccc(F)c(C)c1. The van der Waals surface area contributed by atoms with Crippen LogP contribution in [0.15, 0.2) is 65.6 Å². The van der Waals surface area contributed by atoms with E-state index in [1.165, 1.54) is 6.07 Å². The summed E-state index contributed by atoms with van der Waals surface area (Å²) in [5.74, 6) is 0.692. The van der Waals surface area contributed by atoms with Gasteiger partial charge in [0.15, 0.2) is 5.82 Å². The van der Waals surface area contributed by atoms with Gasteiger partial charge in [-0.2, -0.15) is 0 Å². The van der Waals surface area contributed by atoms with Gasteiger partial charge in [0.05, 0.1) is 5.71 Å². The Morgan fingerprint density at radius 1 is 1.31 bits per heavy atom. The standard InChI is InChI=1S/C22H26FN3/c1-6-15(2)20(14-26-18(5)22-24-10-7-11-25-22)12-16(3)19-8-9-21(23)17(4)13-19/h7-11,13-14,16H,2,6,12H2,1,3-5H3/b20-14-,26-18?. The lowest BCUT2D eigenvalue weighted by molar-refractivity contribution is 0.615. The Balaban J connectivity index is 2.24. The van der Waals surface area contributed by atoms with Gasteiger partial charge in [0.2, 0.25) is 0 Å². The monoisotopic (exact) mass is 351 g/mol. The molecular formula is C22H26FN3. The lowest BCUT2D eigenvalue weighted by atomic mass is 9.89. The van der Waals surface area contributed by atoms with Crippen LogP contribution in [0, 0.1) is 12.7 Å². The van der Waals surface area contributed by atoms with Gasteiger partial charge < -0.3 is 0 Å². The highest BCUT2D eigenvalue weighted by Gasteiger charge is 2.12. The minimum absolute atomic E-state index is 0.169. The maximum absolute atomic E-state index is 13.5. The third-order valence-corrected chi connectivity index (χ3v) is 4.46. The van der Waals surface area contributed by atoms with E-state index in [-0.39, 0.29) is 11.7 Å². The number of allylic oxidation sites excluding steroid dienone is 2. The summed E-state index contributed by atoms with van der Waals surface area (Å²) in [6.07, 6.45) is 6.93. The first-order valence-electron chi connectivity index (χ1n) is 8.87. The van der Waals surface area contributed by atoms with Crippen LogP contribution in [0.5, 0.6) is 0 Å². The van der Waals surface area contributed by atoms with Crippen LogP contribution < -0.4 is 0 Å². The van der Waals surface area contributed by atoms with Gasteiger partial charge in [-0.25, -0.2) is 14.4 Å². The van der Waals surface area contributed by atoms with Crippen molar-refractivity contribution < 1.29 is 4.39 Å². The van der Waals surface area contributed by atoms with Gasteiger partial charge in [0.1, 0.15) is 5.82 Å². The molecule has 0 saturated carbocycles. The maximum Gasteiger partial charge on any atom is 0.173 e. The van der Waals surface area contributed by atoms with E-state index in [1.54, 1.807) is 25.4 Å². The van der Waals surface area contributed by atoms with E-state index >= 15 is 0 Å². The van der Waals surface area contributed by atoms with Gasteiger partial charge in [0, 0.05) is 18.6 Å². The average molecular weight is 351 g/mol. The zero-order valence-corrected chi connectivity index (χ0v) is 16.0. The molecule has 0 spiro atoms. The van der Waals surface area contributed by atoms with E-state index in [4.69, 9.17) is 0 Å². The third-order valence-electron chi connectivity index (χ3n) is 4.46. The van der Waals surface area contributed by atoms with Crippen LogP contribution in [0.25, 0.3) is 0 Å². The summed E-state index contributed by atoms with van der Waals surface area (Å²) in [6.45, 7) is 12.1. The zero-order valence-electron chi connectivity index (χ0n) is 16.0. The van der Waals surface area contributed by atoms with Crippen molar-refractivity contribution in [1.29, 1.82) is 0 Å². The second-order valence-corrected chi connectivity index (χ2v) is 6.51. The number of nitrogens with zero attached hydrogens (tertiary/aromatic N) is 3. The molecule has 1 aromatic carbocycles. The van der Waals surface area contributed by atoms with E-state index in [0.717, 1.165) is 35.3 Å². The summed E-state index contributed by atoms with van der Waals surface area (Å²) in [5.41, 5.74) is 4.70. The molecule has 0 bridgehead atoms. The molecule has 1 unspecified atom stereocenters. The first-order chi connectivity index (χ1) is 12.4. The minimum atomic E-state index is -0.169. The van der Waals surface area contributed by atoms with Crippen LogP contribution in [-0.4, -0.2) is 15.7 Å². The smallest absolute Gasteiger partial charge is 0.173 e. The number of hydrogen-bond acceptors (Lipinski definition) is 3. The quantitative estimate of drug-likeness (QED) is 0.468. The number of halogens is 1. The molecule has 2 aromatic rings. The van der Waals surface area contributed by atoms with Gasteiger partial charge >= 0.3 is 0 Å². The third kappa shape index (κ3) is 5.19. The van der Waals surface area contributed by atoms with Crippen LogP contribution in [-0.2, 0) is 0 Å². The zero-order chi connectivity index (χ0) is 19.1. The molecule has 1 heterocycles. The van der Waals surface area contributed by atoms with Crippen LogP contribution in [0.4, 0.5) is 4.39 Å². The van der Waals surface area contributed by atoms with E-state index in [1.807, 2.05) is 25.3 Å². The highest BCUT2D eigenvalue weighted by Crippen LogP contribution is 2.28. The van der Waals surface area contributed by atoms with Crippen molar-refractivity contribution in [3.8, 4) is 0 Å². The molecule has 26 heavy (non-hydrogen) atoms. The topological polar surface area (TPSA) is 38.1 Å². The van der Waals surface area contributed by atoms with Gasteiger partial charge in [-0.15, -0.1) is 0 Å². The van der Waals surface area contributed by atoms with Crippen LogP contribution in [0.1, 0.15) is 56.5 Å². The molecule has 136 valence electrons. The van der Waals surface area contributed by atoms with Crippen molar-refractivity contribution >= 4 is 5.71 Å². The molecule has 0 saturated heterocycles. The summed E-state index contributed by atoms with van der Waals surface area (Å²) in [5, 5.41) is 0. The highest BCUT2D eigenvalue weighted by atomic mass is 19.1. The molecule has 3 nitrogen and oxygen atoms in total. The number of aliphatic imine (C=N–C) groups is 1. The fourth-order valence-electron chi connectivity index (χ4n) is 2.66. The normalized spacial score (nSPS) is 13.6. The highest BCUT2D eigenvalue weighted by molar-refractivity contribution is 5.95. The molecule has 0 N–H and O–H groups in total. The predicted molar refractivity (Wildman–Crippen MR) is 106 cm³/mol. The van der Waals surface area contributed by atoms with E-state index < -0.39 is 0 Å². The number of aromatic nitrogens is 2. The Morgan fingerprint density at radius 3 is 2.62 bits per heavy atom. The Bertz CT molecular complexity index is 823. The Hall–Kier alpha value is -2.62. The van der Waals surface area contributed by atoms with E-state index in [2.05, 4.69) is 35.4 Å². The molecule has 1 atom stereocenters. The predicted octanol–water partition coefficient (Wildman–Crippen LogP) is 5.78. The summed E-state index contributed by atoms with van der Waals surface area (Å²) in [7, 11) is 0. The largest absolute Gasteiger partial charge is 0.257 e. The van der Waals surface area contributed by atoms with Gasteiger partial charge in [0.25, 0.3) is 0 Å². The number of hydrogen-bond donors (Lipinski definition) is 0. The molecule has 0 radical (unpaired) electrons. The molecule has 0 aliphatic rings. The molecule has 0 fully saturated rings. The maximum atomic E-state index is 13.5. The molecule has 0 aliphatic heterocycles. The van der Waals surface area contributed by atoms with Gasteiger partial charge in [-0.3, -0.25) is 4.99 Å². The van der Waals surface area contributed by atoms with Crippen LogP contribution in [0.3, 0.4) is 0 Å². The number of benzene rings is 1. The summed E-state index contributed by atoms with van der Waals surface area (Å²) in [6, 6.07) is 7.09. The summed E-state index contributed by atoms with van der Waals surface area (Å²) in [4.78, 5) is 13.0. The van der Waals surface area contributed by atoms with Crippen molar-refractivity contribution in [3.05, 3.63) is 83.4 Å². The minimum Gasteiger partial charge on any atom is -0.257 e. The Labute approximate surface area is 155 Å². The number of aryl methyl sites for hydroxylation is 1. The molecule has 0 aliphatic carbocycles.